The molecular formula is C12H18N2OS. The van der Waals surface area contributed by atoms with Crippen LogP contribution in [0.1, 0.15) is 32.1 Å². The Labute approximate surface area is 100 Å². The third kappa shape index (κ3) is 2.89. The summed E-state index contributed by atoms with van der Waals surface area (Å²) in [6, 6.07) is 1.91. The molecule has 1 aliphatic rings. The highest BCUT2D eigenvalue weighted by Crippen LogP contribution is 2.34. The van der Waals surface area contributed by atoms with Gasteiger partial charge < -0.3 is 10.8 Å². The number of thioether (sulfide) groups is 1. The smallest absolute Gasteiger partial charge is 0.0741 e. The molecule has 1 heterocycles. The highest BCUT2D eigenvalue weighted by molar-refractivity contribution is 7.99. The zero-order valence-corrected chi connectivity index (χ0v) is 10.2. The minimum atomic E-state index is -0.487. The quantitative estimate of drug-likeness (QED) is 0.794. The number of nitrogens with two attached hydrogens (primary N) is 1. The lowest BCUT2D eigenvalue weighted by Gasteiger charge is -2.31. The third-order valence-electron chi connectivity index (χ3n) is 3.09. The van der Waals surface area contributed by atoms with E-state index in [1.54, 1.807) is 24.2 Å². The van der Waals surface area contributed by atoms with Crippen LogP contribution in [-0.2, 0) is 0 Å². The summed E-state index contributed by atoms with van der Waals surface area (Å²) in [5.41, 5.74) is 6.03. The Balaban J connectivity index is 1.94. The molecule has 0 aromatic carbocycles. The SMILES string of the molecule is Nc1cnccc1SCC1(O)CCCCC1. The van der Waals surface area contributed by atoms with Crippen molar-refractivity contribution in [2.24, 2.45) is 0 Å². The molecule has 1 aromatic heterocycles. The number of rotatable bonds is 3. The Kier molecular flexibility index (Phi) is 3.71. The zero-order valence-electron chi connectivity index (χ0n) is 9.35. The van der Waals surface area contributed by atoms with E-state index in [0.29, 0.717) is 5.69 Å². The first-order chi connectivity index (χ1) is 7.70. The molecular weight excluding hydrogens is 220 g/mol. The first-order valence-electron chi connectivity index (χ1n) is 5.74. The molecule has 1 aromatic rings. The van der Waals surface area contributed by atoms with E-state index in [2.05, 4.69) is 4.98 Å². The molecule has 0 atom stereocenters. The van der Waals surface area contributed by atoms with Gasteiger partial charge in [-0.25, -0.2) is 0 Å². The molecule has 1 fully saturated rings. The fraction of sp³-hybridized carbons (Fsp3) is 0.583. The third-order valence-corrected chi connectivity index (χ3v) is 4.46. The Morgan fingerprint density at radius 1 is 1.38 bits per heavy atom. The van der Waals surface area contributed by atoms with Gasteiger partial charge in [-0.05, 0) is 18.9 Å². The van der Waals surface area contributed by atoms with Gasteiger partial charge in [-0.3, -0.25) is 4.98 Å². The van der Waals surface area contributed by atoms with Crippen molar-refractivity contribution in [2.75, 3.05) is 11.5 Å². The molecule has 2 rings (SSSR count). The van der Waals surface area contributed by atoms with E-state index in [-0.39, 0.29) is 0 Å². The first-order valence-corrected chi connectivity index (χ1v) is 6.73. The van der Waals surface area contributed by atoms with Gasteiger partial charge in [0, 0.05) is 16.8 Å². The number of anilines is 1. The minimum Gasteiger partial charge on any atom is -0.397 e. The molecule has 88 valence electrons. The van der Waals surface area contributed by atoms with Crippen LogP contribution in [0.5, 0.6) is 0 Å². The highest BCUT2D eigenvalue weighted by Gasteiger charge is 2.29. The van der Waals surface area contributed by atoms with Crippen LogP contribution in [0.2, 0.25) is 0 Å². The fourth-order valence-electron chi connectivity index (χ4n) is 2.09. The summed E-state index contributed by atoms with van der Waals surface area (Å²) in [5.74, 6) is 0.737. The van der Waals surface area contributed by atoms with Crippen LogP contribution in [0, 0.1) is 0 Å². The minimum absolute atomic E-state index is 0.487. The van der Waals surface area contributed by atoms with Gasteiger partial charge >= 0.3 is 0 Å². The molecule has 0 amide bonds. The zero-order chi connectivity index (χ0) is 11.4. The van der Waals surface area contributed by atoms with Crippen LogP contribution in [0.25, 0.3) is 0 Å². The number of hydrogen-bond acceptors (Lipinski definition) is 4. The predicted octanol–water partition coefficient (Wildman–Crippen LogP) is 2.45. The fourth-order valence-corrected chi connectivity index (χ4v) is 3.18. The van der Waals surface area contributed by atoms with Crippen LogP contribution >= 0.6 is 11.8 Å². The molecule has 0 spiro atoms. The summed E-state index contributed by atoms with van der Waals surface area (Å²) in [6.07, 6.45) is 8.78. The topological polar surface area (TPSA) is 59.1 Å². The normalized spacial score (nSPS) is 19.6. The Morgan fingerprint density at radius 2 is 2.12 bits per heavy atom. The molecule has 1 aliphatic carbocycles. The van der Waals surface area contributed by atoms with Crippen LogP contribution in [-0.4, -0.2) is 21.4 Å². The summed E-state index contributed by atoms with van der Waals surface area (Å²) in [6.45, 7) is 0. The molecule has 3 nitrogen and oxygen atoms in total. The molecule has 0 radical (unpaired) electrons. The molecule has 1 saturated carbocycles. The standard InChI is InChI=1S/C12H18N2OS/c13-10-8-14-7-4-11(10)16-9-12(15)5-2-1-3-6-12/h4,7-8,15H,1-3,5-6,9,13H2. The van der Waals surface area contributed by atoms with Crippen LogP contribution < -0.4 is 5.73 Å². The second kappa shape index (κ2) is 5.06. The van der Waals surface area contributed by atoms with Gasteiger partial charge in [-0.1, -0.05) is 19.3 Å². The molecule has 4 heteroatoms. The molecule has 0 bridgehead atoms. The van der Waals surface area contributed by atoms with Gasteiger partial charge in [-0.15, -0.1) is 11.8 Å². The first kappa shape index (κ1) is 11.7. The van der Waals surface area contributed by atoms with Crippen molar-refractivity contribution in [3.05, 3.63) is 18.5 Å². The van der Waals surface area contributed by atoms with Crippen LogP contribution in [0.4, 0.5) is 5.69 Å². The number of pyridine rings is 1. The van der Waals surface area contributed by atoms with E-state index >= 15 is 0 Å². The monoisotopic (exact) mass is 238 g/mol. The van der Waals surface area contributed by atoms with Gasteiger partial charge in [0.05, 0.1) is 17.5 Å². The summed E-state index contributed by atoms with van der Waals surface area (Å²) < 4.78 is 0. The average molecular weight is 238 g/mol. The van der Waals surface area contributed by atoms with E-state index in [1.807, 2.05) is 6.07 Å². The van der Waals surface area contributed by atoms with E-state index in [9.17, 15) is 5.11 Å². The van der Waals surface area contributed by atoms with Crippen molar-refractivity contribution in [3.63, 3.8) is 0 Å². The summed E-state index contributed by atoms with van der Waals surface area (Å²) in [4.78, 5) is 4.98. The second-order valence-corrected chi connectivity index (χ2v) is 5.50. The van der Waals surface area contributed by atoms with Crippen molar-refractivity contribution < 1.29 is 5.11 Å². The largest absolute Gasteiger partial charge is 0.397 e. The lowest BCUT2D eigenvalue weighted by atomic mass is 9.86. The van der Waals surface area contributed by atoms with Crippen LogP contribution in [0.15, 0.2) is 23.4 Å². The van der Waals surface area contributed by atoms with Crippen molar-refractivity contribution >= 4 is 17.4 Å². The summed E-state index contributed by atoms with van der Waals surface area (Å²) >= 11 is 1.64. The number of nitrogen functional groups attached to an aromatic ring is 1. The second-order valence-electron chi connectivity index (χ2n) is 4.49. The van der Waals surface area contributed by atoms with Crippen LogP contribution in [0.3, 0.4) is 0 Å². The van der Waals surface area contributed by atoms with E-state index in [0.717, 1.165) is 36.3 Å². The molecule has 0 unspecified atom stereocenters. The Hall–Kier alpha value is -0.740. The van der Waals surface area contributed by atoms with Gasteiger partial charge in [0.25, 0.3) is 0 Å². The van der Waals surface area contributed by atoms with Crippen molar-refractivity contribution in [1.82, 2.24) is 4.98 Å². The van der Waals surface area contributed by atoms with Gasteiger partial charge in [-0.2, -0.15) is 0 Å². The molecule has 3 N–H and O–H groups in total. The lowest BCUT2D eigenvalue weighted by molar-refractivity contribution is 0.0273. The Morgan fingerprint density at radius 3 is 2.81 bits per heavy atom. The highest BCUT2D eigenvalue weighted by atomic mass is 32.2. The summed E-state index contributed by atoms with van der Waals surface area (Å²) in [5, 5.41) is 10.3. The molecule has 0 saturated heterocycles. The maximum Gasteiger partial charge on any atom is 0.0741 e. The summed E-state index contributed by atoms with van der Waals surface area (Å²) in [7, 11) is 0. The molecule has 16 heavy (non-hydrogen) atoms. The maximum atomic E-state index is 10.3. The van der Waals surface area contributed by atoms with Crippen molar-refractivity contribution in [2.45, 2.75) is 42.6 Å². The van der Waals surface area contributed by atoms with E-state index in [1.165, 1.54) is 6.42 Å². The van der Waals surface area contributed by atoms with Gasteiger partial charge in [0.15, 0.2) is 0 Å². The van der Waals surface area contributed by atoms with E-state index in [4.69, 9.17) is 5.73 Å². The number of nitrogens with zero attached hydrogens (tertiary/aromatic N) is 1. The molecule has 0 aliphatic heterocycles. The van der Waals surface area contributed by atoms with Gasteiger partial charge in [0.2, 0.25) is 0 Å². The average Bonchev–Trinajstić information content (AvgIpc) is 2.29. The number of aromatic nitrogens is 1. The van der Waals surface area contributed by atoms with Crippen molar-refractivity contribution in [1.29, 1.82) is 0 Å². The maximum absolute atomic E-state index is 10.3. The van der Waals surface area contributed by atoms with Crippen molar-refractivity contribution in [3.8, 4) is 0 Å². The lowest BCUT2D eigenvalue weighted by Crippen LogP contribution is -2.33. The van der Waals surface area contributed by atoms with E-state index < -0.39 is 5.60 Å². The number of hydrogen-bond donors (Lipinski definition) is 2. The predicted molar refractivity (Wildman–Crippen MR) is 67.4 cm³/mol. The number of aliphatic hydroxyl groups is 1. The van der Waals surface area contributed by atoms with Gasteiger partial charge in [0.1, 0.15) is 0 Å². The Bertz CT molecular complexity index is 351.